The summed E-state index contributed by atoms with van der Waals surface area (Å²) in [5, 5.41) is 25.0. The maximum absolute atomic E-state index is 11.8. The number of aryl methyl sites for hydroxylation is 1. The van der Waals surface area contributed by atoms with Gasteiger partial charge in [-0.15, -0.1) is 0 Å². The average molecular weight is 308 g/mol. The van der Waals surface area contributed by atoms with Crippen LogP contribution in [0.15, 0.2) is 24.3 Å². The van der Waals surface area contributed by atoms with E-state index in [1.54, 1.807) is 6.92 Å². The molecule has 2 atom stereocenters. The minimum Gasteiger partial charge on any atom is -0.393 e. The van der Waals surface area contributed by atoms with Crippen LogP contribution in [0.3, 0.4) is 0 Å². The zero-order chi connectivity index (χ0) is 16.8. The molecular weight excluding hydrogens is 280 g/mol. The van der Waals surface area contributed by atoms with Gasteiger partial charge in [0, 0.05) is 13.1 Å². The largest absolute Gasteiger partial charge is 0.393 e. The Kier molecular flexibility index (Phi) is 6.84. The summed E-state index contributed by atoms with van der Waals surface area (Å²) in [4.78, 5) is 11.8. The smallest absolute Gasteiger partial charge is 0.314 e. The van der Waals surface area contributed by atoms with Crippen LogP contribution in [0.2, 0.25) is 0 Å². The molecule has 22 heavy (non-hydrogen) atoms. The molecule has 0 aromatic heterocycles. The summed E-state index contributed by atoms with van der Waals surface area (Å²) in [5.74, 6) is 0. The lowest BCUT2D eigenvalue weighted by Crippen LogP contribution is -2.42. The van der Waals surface area contributed by atoms with Crippen LogP contribution in [0.25, 0.3) is 0 Å². The number of urea groups is 1. The third-order valence-electron chi connectivity index (χ3n) is 3.58. The summed E-state index contributed by atoms with van der Waals surface area (Å²) in [6, 6.07) is 7.24. The van der Waals surface area contributed by atoms with Crippen molar-refractivity contribution >= 4 is 6.03 Å². The molecule has 2 amide bonds. The number of aliphatic hydroxyl groups is 2. The molecule has 0 heterocycles. The fourth-order valence-corrected chi connectivity index (χ4v) is 2.51. The number of hydrogen-bond donors (Lipinski definition) is 4. The van der Waals surface area contributed by atoms with Crippen molar-refractivity contribution in [1.82, 2.24) is 10.6 Å². The third-order valence-corrected chi connectivity index (χ3v) is 3.58. The number of carbonyl (C=O) groups excluding carboxylic acids is 1. The van der Waals surface area contributed by atoms with Crippen molar-refractivity contribution in [2.24, 2.45) is 5.41 Å². The van der Waals surface area contributed by atoms with Crippen molar-refractivity contribution in [3.63, 3.8) is 0 Å². The Morgan fingerprint density at radius 3 is 2.45 bits per heavy atom. The minimum absolute atomic E-state index is 0.160. The van der Waals surface area contributed by atoms with Gasteiger partial charge >= 0.3 is 6.03 Å². The van der Waals surface area contributed by atoms with Gasteiger partial charge in [-0.2, -0.15) is 0 Å². The number of rotatable bonds is 7. The summed E-state index contributed by atoms with van der Waals surface area (Å²) >= 11 is 0. The predicted octanol–water partition coefficient (Wildman–Crippen LogP) is 2.12. The van der Waals surface area contributed by atoms with Gasteiger partial charge in [0.1, 0.15) is 0 Å². The van der Waals surface area contributed by atoms with Gasteiger partial charge in [-0.3, -0.25) is 0 Å². The molecule has 4 N–H and O–H groups in total. The lowest BCUT2D eigenvalue weighted by molar-refractivity contribution is 0.128. The molecule has 5 heteroatoms. The van der Waals surface area contributed by atoms with E-state index in [1.807, 2.05) is 45.0 Å². The van der Waals surface area contributed by atoms with Gasteiger partial charge in [0.25, 0.3) is 0 Å². The van der Waals surface area contributed by atoms with Crippen molar-refractivity contribution in [3.05, 3.63) is 35.4 Å². The average Bonchev–Trinajstić information content (AvgIpc) is 2.42. The van der Waals surface area contributed by atoms with Crippen molar-refractivity contribution < 1.29 is 15.0 Å². The molecule has 2 unspecified atom stereocenters. The lowest BCUT2D eigenvalue weighted by atomic mass is 9.87. The van der Waals surface area contributed by atoms with Crippen LogP contribution < -0.4 is 10.6 Å². The number of carbonyl (C=O) groups is 1. The van der Waals surface area contributed by atoms with Crippen LogP contribution >= 0.6 is 0 Å². The molecule has 0 aliphatic heterocycles. The van der Waals surface area contributed by atoms with Gasteiger partial charge in [0.2, 0.25) is 0 Å². The van der Waals surface area contributed by atoms with Crippen LogP contribution in [-0.4, -0.2) is 35.4 Å². The van der Waals surface area contributed by atoms with Crippen LogP contribution in [0, 0.1) is 12.3 Å². The topological polar surface area (TPSA) is 81.6 Å². The Bertz CT molecular complexity index is 487. The van der Waals surface area contributed by atoms with E-state index in [4.69, 9.17) is 0 Å². The van der Waals surface area contributed by atoms with E-state index in [2.05, 4.69) is 10.6 Å². The quantitative estimate of drug-likeness (QED) is 0.623. The second kappa shape index (κ2) is 8.15. The Balaban J connectivity index is 2.39. The minimum atomic E-state index is -0.725. The highest BCUT2D eigenvalue weighted by Crippen LogP contribution is 2.21. The molecular formula is C17H28N2O3. The highest BCUT2D eigenvalue weighted by atomic mass is 16.3. The van der Waals surface area contributed by atoms with Gasteiger partial charge < -0.3 is 20.8 Å². The lowest BCUT2D eigenvalue weighted by Gasteiger charge is -2.26. The first-order chi connectivity index (χ1) is 10.2. The summed E-state index contributed by atoms with van der Waals surface area (Å²) in [5.41, 5.74) is 1.63. The van der Waals surface area contributed by atoms with Gasteiger partial charge in [0.05, 0.1) is 12.2 Å². The molecule has 124 valence electrons. The van der Waals surface area contributed by atoms with Crippen LogP contribution in [0.4, 0.5) is 4.79 Å². The van der Waals surface area contributed by atoms with E-state index in [9.17, 15) is 15.0 Å². The summed E-state index contributed by atoms with van der Waals surface area (Å²) < 4.78 is 0. The third kappa shape index (κ3) is 6.45. The fourth-order valence-electron chi connectivity index (χ4n) is 2.51. The molecule has 0 spiro atoms. The molecule has 0 aliphatic carbocycles. The number of aliphatic hydroxyl groups excluding tert-OH is 2. The fraction of sp³-hybridized carbons (Fsp3) is 0.588. The Hall–Kier alpha value is -1.59. The second-order valence-electron chi connectivity index (χ2n) is 6.65. The van der Waals surface area contributed by atoms with Gasteiger partial charge in [-0.05, 0) is 36.8 Å². The van der Waals surface area contributed by atoms with E-state index in [0.717, 1.165) is 11.1 Å². The molecule has 0 saturated carbocycles. The molecule has 0 radical (unpaired) electrons. The Morgan fingerprint density at radius 1 is 1.23 bits per heavy atom. The molecule has 1 aromatic carbocycles. The first kappa shape index (κ1) is 18.5. The van der Waals surface area contributed by atoms with E-state index < -0.39 is 12.2 Å². The SMILES string of the molecule is Cc1ccccc1C(O)CNC(=O)NCC(C)(C)CC(C)O. The summed E-state index contributed by atoms with van der Waals surface area (Å²) in [7, 11) is 0. The molecule has 0 saturated heterocycles. The monoisotopic (exact) mass is 308 g/mol. The maximum Gasteiger partial charge on any atom is 0.314 e. The normalized spacial score (nSPS) is 14.3. The van der Waals surface area contributed by atoms with E-state index in [-0.39, 0.29) is 18.0 Å². The van der Waals surface area contributed by atoms with Gasteiger partial charge in [0.15, 0.2) is 0 Å². The zero-order valence-electron chi connectivity index (χ0n) is 13.9. The van der Waals surface area contributed by atoms with Gasteiger partial charge in [-0.1, -0.05) is 38.1 Å². The van der Waals surface area contributed by atoms with E-state index in [0.29, 0.717) is 13.0 Å². The molecule has 0 fully saturated rings. The molecule has 1 rings (SSSR count). The Labute approximate surface area is 132 Å². The zero-order valence-corrected chi connectivity index (χ0v) is 13.9. The maximum atomic E-state index is 11.8. The van der Waals surface area contributed by atoms with Crippen LogP contribution in [0.5, 0.6) is 0 Å². The second-order valence-corrected chi connectivity index (χ2v) is 6.65. The first-order valence-corrected chi connectivity index (χ1v) is 7.64. The predicted molar refractivity (Wildman–Crippen MR) is 87.6 cm³/mol. The highest BCUT2D eigenvalue weighted by Gasteiger charge is 2.21. The van der Waals surface area contributed by atoms with Crippen LogP contribution in [0.1, 0.15) is 44.4 Å². The molecule has 0 bridgehead atoms. The summed E-state index contributed by atoms with van der Waals surface area (Å²) in [6.45, 7) is 8.26. The molecule has 0 aliphatic rings. The van der Waals surface area contributed by atoms with E-state index >= 15 is 0 Å². The molecule has 5 nitrogen and oxygen atoms in total. The molecule has 1 aromatic rings. The standard InChI is InChI=1S/C17H28N2O3/c1-12-7-5-6-8-14(12)15(21)10-18-16(22)19-11-17(3,4)9-13(2)20/h5-8,13,15,20-21H,9-11H2,1-4H3,(H2,18,19,22). The van der Waals surface area contributed by atoms with Crippen LogP contribution in [-0.2, 0) is 0 Å². The number of amides is 2. The summed E-state index contributed by atoms with van der Waals surface area (Å²) in [6.07, 6.45) is -0.515. The number of nitrogens with one attached hydrogen (secondary N) is 2. The van der Waals surface area contributed by atoms with Gasteiger partial charge in [-0.25, -0.2) is 4.79 Å². The number of benzene rings is 1. The Morgan fingerprint density at radius 2 is 1.86 bits per heavy atom. The van der Waals surface area contributed by atoms with Crippen molar-refractivity contribution in [2.45, 2.75) is 46.3 Å². The van der Waals surface area contributed by atoms with Crippen molar-refractivity contribution in [2.75, 3.05) is 13.1 Å². The first-order valence-electron chi connectivity index (χ1n) is 7.64. The highest BCUT2D eigenvalue weighted by molar-refractivity contribution is 5.73. The van der Waals surface area contributed by atoms with E-state index in [1.165, 1.54) is 0 Å². The number of hydrogen-bond acceptors (Lipinski definition) is 3. The van der Waals surface area contributed by atoms with Crippen molar-refractivity contribution in [3.8, 4) is 0 Å². The van der Waals surface area contributed by atoms with Crippen molar-refractivity contribution in [1.29, 1.82) is 0 Å².